The SMILES string of the molecule is COC1CCC(N=c2cc3n(-c4ccc(Cl)c(Cl)c4)c4ccccc4nc-3cc2Nc2cccnc2C)CC1. The van der Waals surface area contributed by atoms with Gasteiger partial charge in [0.15, 0.2) is 0 Å². The van der Waals surface area contributed by atoms with Gasteiger partial charge in [-0.1, -0.05) is 35.3 Å². The Morgan fingerprint density at radius 2 is 1.74 bits per heavy atom. The molecule has 2 aliphatic carbocycles. The third-order valence-corrected chi connectivity index (χ3v) is 8.17. The number of nitrogens with one attached hydrogen (secondary N) is 1. The molecule has 0 amide bonds. The standard InChI is InChI=1S/C31H29Cl2N5O/c1-19-25(7-5-15-34-19)36-27-17-29-31(18-28(27)35-20-9-12-22(39-2)13-10-20)38(21-11-14-23(32)24(33)16-21)30-8-4-3-6-26(30)37-29/h3-8,11,14-18,20,22,36H,9-10,12-13H2,1-2H3. The van der Waals surface area contributed by atoms with Gasteiger partial charge in [0.25, 0.3) is 0 Å². The summed E-state index contributed by atoms with van der Waals surface area (Å²) < 4.78 is 7.77. The molecule has 6 rings (SSSR count). The highest BCUT2D eigenvalue weighted by atomic mass is 35.5. The van der Waals surface area contributed by atoms with Crippen molar-refractivity contribution in [1.29, 1.82) is 0 Å². The Labute approximate surface area is 237 Å². The molecule has 6 nitrogen and oxygen atoms in total. The molecule has 1 aliphatic heterocycles. The number of aromatic nitrogens is 3. The fourth-order valence-electron chi connectivity index (χ4n) is 5.32. The molecule has 0 spiro atoms. The number of benzene rings is 3. The van der Waals surface area contributed by atoms with Gasteiger partial charge in [0, 0.05) is 19.0 Å². The van der Waals surface area contributed by atoms with Crippen LogP contribution in [0.4, 0.5) is 11.4 Å². The van der Waals surface area contributed by atoms with E-state index in [2.05, 4.69) is 33.1 Å². The molecule has 2 heterocycles. The number of fused-ring (bicyclic) bond motifs is 2. The Hall–Kier alpha value is -3.45. The van der Waals surface area contributed by atoms with Crippen LogP contribution in [0.3, 0.4) is 0 Å². The minimum atomic E-state index is 0.219. The van der Waals surface area contributed by atoms with Gasteiger partial charge in [-0.3, -0.25) is 9.98 Å². The number of hydrogen-bond acceptors (Lipinski definition) is 5. The van der Waals surface area contributed by atoms with Gasteiger partial charge in [-0.2, -0.15) is 0 Å². The monoisotopic (exact) mass is 557 g/mol. The molecule has 0 radical (unpaired) electrons. The summed E-state index contributed by atoms with van der Waals surface area (Å²) in [6.07, 6.45) is 6.12. The molecule has 0 saturated heterocycles. The quantitative estimate of drug-likeness (QED) is 0.224. The first-order valence-electron chi connectivity index (χ1n) is 13.2. The largest absolute Gasteiger partial charge is 0.381 e. The van der Waals surface area contributed by atoms with Crippen molar-refractivity contribution < 1.29 is 4.74 Å². The second kappa shape index (κ2) is 11.0. The molecule has 3 aliphatic rings. The molecule has 1 N–H and O–H groups in total. The molecule has 8 heteroatoms. The number of ether oxygens (including phenoxy) is 1. The van der Waals surface area contributed by atoms with E-state index in [0.717, 1.165) is 76.2 Å². The molecule has 39 heavy (non-hydrogen) atoms. The summed E-state index contributed by atoms with van der Waals surface area (Å²) in [5.74, 6) is 0. The Balaban J connectivity index is 1.59. The molecular weight excluding hydrogens is 529 g/mol. The maximum atomic E-state index is 6.47. The predicted octanol–water partition coefficient (Wildman–Crippen LogP) is 7.74. The van der Waals surface area contributed by atoms with E-state index in [-0.39, 0.29) is 6.04 Å². The summed E-state index contributed by atoms with van der Waals surface area (Å²) in [4.78, 5) is 14.8. The number of pyridine rings is 1. The molecule has 3 aromatic rings. The van der Waals surface area contributed by atoms with Crippen LogP contribution < -0.4 is 10.7 Å². The Bertz CT molecular complexity index is 1690. The summed E-state index contributed by atoms with van der Waals surface area (Å²) in [5.41, 5.74) is 7.28. The maximum absolute atomic E-state index is 6.47. The molecular formula is C31H29Cl2N5O. The van der Waals surface area contributed by atoms with Crippen LogP contribution >= 0.6 is 23.2 Å². The summed E-state index contributed by atoms with van der Waals surface area (Å²) >= 11 is 12.8. The van der Waals surface area contributed by atoms with E-state index in [0.29, 0.717) is 16.1 Å². The highest BCUT2D eigenvalue weighted by molar-refractivity contribution is 6.42. The zero-order valence-electron chi connectivity index (χ0n) is 21.9. The van der Waals surface area contributed by atoms with E-state index in [1.54, 1.807) is 13.3 Å². The van der Waals surface area contributed by atoms with E-state index < -0.39 is 0 Å². The van der Waals surface area contributed by atoms with Crippen LogP contribution in [0.5, 0.6) is 0 Å². The summed E-state index contributed by atoms with van der Waals surface area (Å²) in [7, 11) is 1.79. The number of nitrogens with zero attached hydrogens (tertiary/aromatic N) is 4. The minimum Gasteiger partial charge on any atom is -0.381 e. The van der Waals surface area contributed by atoms with E-state index >= 15 is 0 Å². The van der Waals surface area contributed by atoms with Crippen LogP contribution in [-0.4, -0.2) is 33.8 Å². The predicted molar refractivity (Wildman–Crippen MR) is 159 cm³/mol. The Morgan fingerprint density at radius 1 is 0.923 bits per heavy atom. The van der Waals surface area contributed by atoms with E-state index in [9.17, 15) is 0 Å². The first-order valence-corrected chi connectivity index (χ1v) is 13.9. The fraction of sp³-hybridized carbons (Fsp3) is 0.258. The van der Waals surface area contributed by atoms with Crippen LogP contribution in [0.1, 0.15) is 31.4 Å². The van der Waals surface area contributed by atoms with Crippen molar-refractivity contribution in [2.24, 2.45) is 4.99 Å². The minimum absolute atomic E-state index is 0.219. The van der Waals surface area contributed by atoms with Gasteiger partial charge >= 0.3 is 0 Å². The van der Waals surface area contributed by atoms with Crippen LogP contribution in [0.25, 0.3) is 28.1 Å². The van der Waals surface area contributed by atoms with Crippen molar-refractivity contribution in [2.75, 3.05) is 12.4 Å². The third kappa shape index (κ3) is 5.24. The third-order valence-electron chi connectivity index (χ3n) is 7.43. The summed E-state index contributed by atoms with van der Waals surface area (Å²) in [6.45, 7) is 2.00. The molecule has 1 saturated carbocycles. The smallest absolute Gasteiger partial charge is 0.0900 e. The number of methoxy groups -OCH3 is 1. The average Bonchev–Trinajstić information content (AvgIpc) is 2.95. The molecule has 198 valence electrons. The van der Waals surface area contributed by atoms with E-state index in [1.807, 2.05) is 55.5 Å². The number of halogens is 2. The van der Waals surface area contributed by atoms with Crippen molar-refractivity contribution >= 4 is 45.6 Å². The van der Waals surface area contributed by atoms with Crippen molar-refractivity contribution in [1.82, 2.24) is 14.5 Å². The van der Waals surface area contributed by atoms with Gasteiger partial charge in [-0.15, -0.1) is 0 Å². The van der Waals surface area contributed by atoms with Crippen LogP contribution in [-0.2, 0) is 4.74 Å². The van der Waals surface area contributed by atoms with Gasteiger partial charge in [0.05, 0.1) is 67.0 Å². The Morgan fingerprint density at radius 3 is 2.51 bits per heavy atom. The molecule has 1 fully saturated rings. The second-order valence-electron chi connectivity index (χ2n) is 9.95. The molecule has 0 unspecified atom stereocenters. The van der Waals surface area contributed by atoms with Crippen LogP contribution in [0, 0.1) is 6.92 Å². The summed E-state index contributed by atoms with van der Waals surface area (Å²) in [5, 5.41) is 5.50. The lowest BCUT2D eigenvalue weighted by Crippen LogP contribution is -2.25. The number of hydrogen-bond donors (Lipinski definition) is 1. The van der Waals surface area contributed by atoms with Gasteiger partial charge in [-0.25, -0.2) is 4.98 Å². The molecule has 2 aromatic carbocycles. The zero-order chi connectivity index (χ0) is 26.9. The van der Waals surface area contributed by atoms with Gasteiger partial charge in [0.2, 0.25) is 0 Å². The number of rotatable bonds is 5. The molecule has 0 bridgehead atoms. The van der Waals surface area contributed by atoms with Crippen molar-refractivity contribution in [3.05, 3.63) is 94.0 Å². The normalized spacial score (nSPS) is 18.1. The number of anilines is 2. The lowest BCUT2D eigenvalue weighted by atomic mass is 9.93. The molecule has 1 aromatic heterocycles. The van der Waals surface area contributed by atoms with Crippen LogP contribution in [0.15, 0.2) is 77.9 Å². The average molecular weight is 559 g/mol. The van der Waals surface area contributed by atoms with Gasteiger partial charge in [-0.05, 0) is 87.2 Å². The van der Waals surface area contributed by atoms with Crippen molar-refractivity contribution in [3.63, 3.8) is 0 Å². The summed E-state index contributed by atoms with van der Waals surface area (Å²) in [6, 6.07) is 22.2. The van der Waals surface area contributed by atoms with Crippen LogP contribution in [0.2, 0.25) is 10.0 Å². The highest BCUT2D eigenvalue weighted by Gasteiger charge is 2.22. The first kappa shape index (κ1) is 25.8. The lowest BCUT2D eigenvalue weighted by molar-refractivity contribution is 0.0663. The van der Waals surface area contributed by atoms with Gasteiger partial charge in [0.1, 0.15) is 0 Å². The van der Waals surface area contributed by atoms with Crippen molar-refractivity contribution in [3.8, 4) is 17.1 Å². The van der Waals surface area contributed by atoms with E-state index in [1.165, 1.54) is 0 Å². The van der Waals surface area contributed by atoms with Crippen molar-refractivity contribution in [2.45, 2.75) is 44.8 Å². The Kier molecular flexibility index (Phi) is 7.26. The fourth-order valence-corrected chi connectivity index (χ4v) is 5.61. The van der Waals surface area contributed by atoms with E-state index in [4.69, 9.17) is 37.9 Å². The maximum Gasteiger partial charge on any atom is 0.0900 e. The second-order valence-corrected chi connectivity index (χ2v) is 10.8. The zero-order valence-corrected chi connectivity index (χ0v) is 23.4. The number of aryl methyl sites for hydroxylation is 1. The topological polar surface area (TPSA) is 64.3 Å². The number of para-hydroxylation sites is 2. The van der Waals surface area contributed by atoms with Gasteiger partial charge < -0.3 is 14.6 Å². The first-order chi connectivity index (χ1) is 19.0. The lowest BCUT2D eigenvalue weighted by Gasteiger charge is -2.25. The highest BCUT2D eigenvalue weighted by Crippen LogP contribution is 2.33. The molecule has 0 atom stereocenters.